The van der Waals surface area contributed by atoms with Crippen LogP contribution in [0.5, 0.6) is 0 Å². The predicted octanol–water partition coefficient (Wildman–Crippen LogP) is 4.32. The number of nitrogens with two attached hydrogens (primary N) is 1. The first-order valence-electron chi connectivity index (χ1n) is 9.62. The summed E-state index contributed by atoms with van der Waals surface area (Å²) in [5.74, 6) is -0.479. The maximum atomic E-state index is 12.8. The molecule has 3 amide bonds. The monoisotopic (exact) mass is 407 g/mol. The van der Waals surface area contributed by atoms with E-state index in [1.165, 1.54) is 5.56 Å². The molecule has 0 aliphatic rings. The number of amides is 3. The van der Waals surface area contributed by atoms with E-state index in [1.54, 1.807) is 11.3 Å². The van der Waals surface area contributed by atoms with Gasteiger partial charge in [-0.05, 0) is 34.6 Å². The Morgan fingerprint density at radius 1 is 0.966 bits per heavy atom. The van der Waals surface area contributed by atoms with Crippen molar-refractivity contribution in [3.05, 3.63) is 93.7 Å². The second-order valence-electron chi connectivity index (χ2n) is 6.80. The van der Waals surface area contributed by atoms with Crippen LogP contribution in [0.3, 0.4) is 0 Å². The highest BCUT2D eigenvalue weighted by Crippen LogP contribution is 2.29. The molecule has 0 spiro atoms. The quantitative estimate of drug-likeness (QED) is 0.520. The Kier molecular flexibility index (Phi) is 7.16. The molecule has 0 bridgehead atoms. The lowest BCUT2D eigenvalue weighted by Gasteiger charge is -2.25. The molecule has 6 heteroatoms. The van der Waals surface area contributed by atoms with E-state index in [0.717, 1.165) is 28.8 Å². The molecule has 0 aliphatic heterocycles. The first-order valence-corrected chi connectivity index (χ1v) is 10.5. The van der Waals surface area contributed by atoms with Crippen LogP contribution < -0.4 is 16.4 Å². The van der Waals surface area contributed by atoms with Crippen molar-refractivity contribution in [2.45, 2.75) is 31.8 Å². The highest BCUT2D eigenvalue weighted by Gasteiger charge is 2.27. The summed E-state index contributed by atoms with van der Waals surface area (Å²) in [6.45, 7) is 2.16. The van der Waals surface area contributed by atoms with Crippen LogP contribution in [-0.4, -0.2) is 11.9 Å². The van der Waals surface area contributed by atoms with Gasteiger partial charge in [-0.3, -0.25) is 15.4 Å². The van der Waals surface area contributed by atoms with Crippen molar-refractivity contribution in [1.82, 2.24) is 10.6 Å². The Bertz CT molecular complexity index is 925. The summed E-state index contributed by atoms with van der Waals surface area (Å²) in [6.07, 6.45) is 2.13. The topological polar surface area (TPSA) is 84.2 Å². The van der Waals surface area contributed by atoms with Crippen LogP contribution in [0.15, 0.2) is 72.1 Å². The van der Waals surface area contributed by atoms with Crippen LogP contribution in [0.2, 0.25) is 0 Å². The molecule has 0 radical (unpaired) electrons. The van der Waals surface area contributed by atoms with E-state index >= 15 is 0 Å². The SMILES string of the molecule is CCCc1ccc([C@H](N[C@H](C(=O)NC(N)=O)c2ccccc2)c2cccs2)cc1. The first kappa shape index (κ1) is 20.8. The Balaban J connectivity index is 1.95. The number of imide groups is 1. The second kappa shape index (κ2) is 10.0. The number of benzene rings is 2. The van der Waals surface area contributed by atoms with Gasteiger partial charge in [0.25, 0.3) is 0 Å². The number of rotatable bonds is 8. The molecule has 0 fully saturated rings. The van der Waals surface area contributed by atoms with Crippen LogP contribution in [0, 0.1) is 0 Å². The van der Waals surface area contributed by atoms with Crippen LogP contribution in [0.4, 0.5) is 4.79 Å². The van der Waals surface area contributed by atoms with Gasteiger partial charge in [-0.25, -0.2) is 4.79 Å². The number of carbonyl (C=O) groups excluding carboxylic acids is 2. The minimum Gasteiger partial charge on any atom is -0.351 e. The van der Waals surface area contributed by atoms with Gasteiger partial charge in [0.2, 0.25) is 5.91 Å². The van der Waals surface area contributed by atoms with Crippen LogP contribution in [0.25, 0.3) is 0 Å². The molecule has 5 nitrogen and oxygen atoms in total. The molecule has 4 N–H and O–H groups in total. The number of thiophene rings is 1. The minimum atomic E-state index is -0.866. The lowest BCUT2D eigenvalue weighted by molar-refractivity contribution is -0.122. The van der Waals surface area contributed by atoms with Gasteiger partial charge in [-0.15, -0.1) is 11.3 Å². The lowest BCUT2D eigenvalue weighted by Crippen LogP contribution is -2.44. The number of aryl methyl sites for hydroxylation is 1. The molecule has 0 saturated carbocycles. The molecular formula is C23H25N3O2S. The molecule has 1 heterocycles. The van der Waals surface area contributed by atoms with E-state index in [1.807, 2.05) is 47.8 Å². The van der Waals surface area contributed by atoms with Gasteiger partial charge >= 0.3 is 6.03 Å². The molecule has 0 aliphatic carbocycles. The van der Waals surface area contributed by atoms with Gasteiger partial charge in [-0.2, -0.15) is 0 Å². The van der Waals surface area contributed by atoms with Crippen LogP contribution >= 0.6 is 11.3 Å². The van der Waals surface area contributed by atoms with Gasteiger partial charge in [0.1, 0.15) is 6.04 Å². The fraction of sp³-hybridized carbons (Fsp3) is 0.217. The molecular weight excluding hydrogens is 382 g/mol. The zero-order valence-electron chi connectivity index (χ0n) is 16.3. The molecule has 2 atom stereocenters. The van der Waals surface area contributed by atoms with E-state index in [9.17, 15) is 9.59 Å². The van der Waals surface area contributed by atoms with Crippen molar-refractivity contribution >= 4 is 23.3 Å². The highest BCUT2D eigenvalue weighted by molar-refractivity contribution is 7.10. The van der Waals surface area contributed by atoms with E-state index in [4.69, 9.17) is 5.73 Å². The van der Waals surface area contributed by atoms with Crippen molar-refractivity contribution in [2.75, 3.05) is 0 Å². The average molecular weight is 408 g/mol. The fourth-order valence-corrected chi connectivity index (χ4v) is 4.10. The predicted molar refractivity (Wildman–Crippen MR) is 117 cm³/mol. The van der Waals surface area contributed by atoms with Gasteiger partial charge < -0.3 is 5.73 Å². The third-order valence-electron chi connectivity index (χ3n) is 4.65. The molecule has 29 heavy (non-hydrogen) atoms. The van der Waals surface area contributed by atoms with E-state index < -0.39 is 18.0 Å². The van der Waals surface area contributed by atoms with E-state index in [0.29, 0.717) is 0 Å². The Morgan fingerprint density at radius 3 is 2.28 bits per heavy atom. The third kappa shape index (κ3) is 5.53. The fourth-order valence-electron chi connectivity index (χ4n) is 3.29. The summed E-state index contributed by atoms with van der Waals surface area (Å²) < 4.78 is 0. The Hall–Kier alpha value is -2.96. The summed E-state index contributed by atoms with van der Waals surface area (Å²) in [5.41, 5.74) is 8.29. The summed E-state index contributed by atoms with van der Waals surface area (Å²) in [4.78, 5) is 25.1. The maximum Gasteiger partial charge on any atom is 0.318 e. The largest absolute Gasteiger partial charge is 0.351 e. The zero-order valence-corrected chi connectivity index (χ0v) is 17.1. The molecule has 2 aromatic carbocycles. The zero-order chi connectivity index (χ0) is 20.6. The smallest absolute Gasteiger partial charge is 0.318 e. The number of hydrogen-bond donors (Lipinski definition) is 3. The average Bonchev–Trinajstić information content (AvgIpc) is 3.24. The Morgan fingerprint density at radius 2 is 1.69 bits per heavy atom. The number of primary amides is 1. The minimum absolute atomic E-state index is 0.200. The molecule has 0 saturated heterocycles. The maximum absolute atomic E-state index is 12.8. The van der Waals surface area contributed by atoms with E-state index in [2.05, 4.69) is 41.8 Å². The molecule has 150 valence electrons. The lowest BCUT2D eigenvalue weighted by atomic mass is 9.99. The number of carbonyl (C=O) groups is 2. The van der Waals surface area contributed by atoms with E-state index in [-0.39, 0.29) is 6.04 Å². The standard InChI is InChI=1S/C23H25N3O2S/c1-2-7-16-11-13-18(14-12-16)20(19-10-6-15-29-19)25-21(22(27)26-23(24)28)17-8-4-3-5-9-17/h3-6,8-15,20-21,25H,2,7H2,1H3,(H3,24,26,27,28)/t20-,21-/m0/s1. The van der Waals surface area contributed by atoms with Crippen LogP contribution in [-0.2, 0) is 11.2 Å². The van der Waals surface area contributed by atoms with Gasteiger partial charge in [-0.1, -0.05) is 74.0 Å². The highest BCUT2D eigenvalue weighted by atomic mass is 32.1. The first-order chi connectivity index (χ1) is 14.1. The van der Waals surface area contributed by atoms with Crippen LogP contribution in [0.1, 0.15) is 47.0 Å². The van der Waals surface area contributed by atoms with Crippen molar-refractivity contribution in [1.29, 1.82) is 0 Å². The van der Waals surface area contributed by atoms with Gasteiger partial charge in [0.15, 0.2) is 0 Å². The third-order valence-corrected chi connectivity index (χ3v) is 5.59. The number of nitrogens with one attached hydrogen (secondary N) is 2. The normalized spacial score (nSPS) is 12.9. The molecule has 1 aromatic heterocycles. The summed E-state index contributed by atoms with van der Waals surface area (Å²) in [6, 6.07) is 20.0. The van der Waals surface area contributed by atoms with Crippen molar-refractivity contribution in [3.63, 3.8) is 0 Å². The van der Waals surface area contributed by atoms with Gasteiger partial charge in [0.05, 0.1) is 6.04 Å². The van der Waals surface area contributed by atoms with Crippen molar-refractivity contribution in [3.8, 4) is 0 Å². The summed E-state index contributed by atoms with van der Waals surface area (Å²) in [5, 5.41) is 7.66. The number of urea groups is 1. The second-order valence-corrected chi connectivity index (χ2v) is 7.78. The molecule has 3 rings (SSSR count). The molecule has 3 aromatic rings. The van der Waals surface area contributed by atoms with Crippen molar-refractivity contribution < 1.29 is 9.59 Å². The number of hydrogen-bond acceptors (Lipinski definition) is 4. The van der Waals surface area contributed by atoms with Crippen molar-refractivity contribution in [2.24, 2.45) is 5.73 Å². The summed E-state index contributed by atoms with van der Waals surface area (Å²) in [7, 11) is 0. The van der Waals surface area contributed by atoms with Gasteiger partial charge in [0, 0.05) is 4.88 Å². The summed E-state index contributed by atoms with van der Waals surface area (Å²) >= 11 is 1.62. The molecule has 0 unspecified atom stereocenters. The Labute approximate surface area is 175 Å².